The van der Waals surface area contributed by atoms with Gasteiger partial charge < -0.3 is 15.1 Å². The zero-order chi connectivity index (χ0) is 35.5. The van der Waals surface area contributed by atoms with Crippen LogP contribution in [0.3, 0.4) is 0 Å². The molecular formula is C35H34F4N8O2S2. The summed E-state index contributed by atoms with van der Waals surface area (Å²) in [6.45, 7) is 4.19. The number of rotatable bonds is 11. The van der Waals surface area contributed by atoms with E-state index in [2.05, 4.69) is 19.9 Å². The second-order valence-corrected chi connectivity index (χ2v) is 14.8. The number of hydrogen-bond acceptors (Lipinski definition) is 10. The van der Waals surface area contributed by atoms with Crippen LogP contribution in [0.25, 0.3) is 21.8 Å². The minimum absolute atomic E-state index is 0.0916. The summed E-state index contributed by atoms with van der Waals surface area (Å²) in [4.78, 5) is 19.8. The molecule has 266 valence electrons. The first-order valence-electron chi connectivity index (χ1n) is 16.4. The average Bonchev–Trinajstić information content (AvgIpc) is 3.80. The lowest BCUT2D eigenvalue weighted by atomic mass is 10.1. The Labute approximate surface area is 296 Å². The minimum atomic E-state index is -4.59. The first-order chi connectivity index (χ1) is 24.7. The molecule has 4 heterocycles. The van der Waals surface area contributed by atoms with Gasteiger partial charge in [-0.25, -0.2) is 40.9 Å². The standard InChI is InChI=1S/C35H34F4N8O2S2/c36-12-16-45-17-19-46(20-18-45)30-10-9-24(22-28(30)39)41-34-40-13-11-29(42-34)32-31(43-35(50-32)47-14-1-2-15-47)23-5-3-6-25(21-23)44-51(48,49)33-26(37)7-4-8-27(33)38/h3-11,13,21-22,44H,1-2,12,14-20H2,(H,40,41,42). The van der Waals surface area contributed by atoms with Gasteiger partial charge in [0.2, 0.25) is 5.95 Å². The average molecular weight is 739 g/mol. The highest BCUT2D eigenvalue weighted by molar-refractivity contribution is 7.92. The van der Waals surface area contributed by atoms with Crippen molar-refractivity contribution in [1.29, 1.82) is 0 Å². The topological polar surface area (TPSA) is 107 Å². The van der Waals surface area contributed by atoms with Crippen molar-refractivity contribution < 1.29 is 26.0 Å². The van der Waals surface area contributed by atoms with Gasteiger partial charge in [0.05, 0.1) is 22.0 Å². The summed E-state index contributed by atoms with van der Waals surface area (Å²) < 4.78 is 85.1. The monoisotopic (exact) mass is 738 g/mol. The lowest BCUT2D eigenvalue weighted by molar-refractivity contribution is 0.235. The summed E-state index contributed by atoms with van der Waals surface area (Å²) in [7, 11) is -4.59. The molecule has 0 spiro atoms. The number of hydrogen-bond donors (Lipinski definition) is 2. The van der Waals surface area contributed by atoms with Crippen molar-refractivity contribution in [1.82, 2.24) is 19.9 Å². The Hall–Kier alpha value is -4.80. The molecule has 3 aromatic carbocycles. The molecule has 0 amide bonds. The van der Waals surface area contributed by atoms with Gasteiger partial charge >= 0.3 is 0 Å². The lowest BCUT2D eigenvalue weighted by Crippen LogP contribution is -2.47. The van der Waals surface area contributed by atoms with Crippen molar-refractivity contribution in [3.8, 4) is 21.8 Å². The first kappa shape index (κ1) is 34.6. The Morgan fingerprint density at radius 2 is 1.53 bits per heavy atom. The van der Waals surface area contributed by atoms with E-state index < -0.39 is 39.0 Å². The molecule has 2 fully saturated rings. The number of anilines is 5. The highest BCUT2D eigenvalue weighted by Crippen LogP contribution is 2.41. The maximum Gasteiger partial charge on any atom is 0.267 e. The molecule has 0 atom stereocenters. The number of nitrogens with zero attached hydrogens (tertiary/aromatic N) is 6. The Kier molecular flexibility index (Phi) is 10.1. The third-order valence-corrected chi connectivity index (χ3v) is 11.3. The molecule has 2 aromatic heterocycles. The van der Waals surface area contributed by atoms with Gasteiger partial charge in [-0.1, -0.05) is 29.5 Å². The molecule has 0 radical (unpaired) electrons. The van der Waals surface area contributed by atoms with Crippen molar-refractivity contribution in [2.75, 3.05) is 72.3 Å². The third kappa shape index (κ3) is 7.62. The second kappa shape index (κ2) is 14.8. The fraction of sp³-hybridized carbons (Fsp3) is 0.286. The largest absolute Gasteiger partial charge is 0.367 e. The molecule has 0 bridgehead atoms. The van der Waals surface area contributed by atoms with Gasteiger partial charge in [-0.3, -0.25) is 9.62 Å². The van der Waals surface area contributed by atoms with Crippen LogP contribution in [-0.4, -0.2) is 80.8 Å². The SMILES string of the molecule is O=S(=O)(Nc1cccc(-c2nc(N3CCCC3)sc2-c2ccnc(Nc3ccc(N4CCN(CCF)CC4)c(F)c3)n2)c1)c1c(F)cccc1F. The summed E-state index contributed by atoms with van der Waals surface area (Å²) in [5, 5.41) is 3.87. The number of piperazine rings is 1. The van der Waals surface area contributed by atoms with Crippen LogP contribution in [0, 0.1) is 17.5 Å². The molecule has 10 nitrogen and oxygen atoms in total. The summed E-state index contributed by atoms with van der Waals surface area (Å²) in [5.41, 5.74) is 2.64. The van der Waals surface area contributed by atoms with Gasteiger partial charge in [-0.05, 0) is 61.4 Å². The van der Waals surface area contributed by atoms with E-state index >= 15 is 4.39 Å². The van der Waals surface area contributed by atoms with Gasteiger partial charge in [-0.15, -0.1) is 0 Å². The highest BCUT2D eigenvalue weighted by atomic mass is 32.2. The normalized spacial score (nSPS) is 15.4. The van der Waals surface area contributed by atoms with E-state index in [-0.39, 0.29) is 11.6 Å². The van der Waals surface area contributed by atoms with Crippen LogP contribution < -0.4 is 19.8 Å². The van der Waals surface area contributed by atoms with Crippen LogP contribution in [0.15, 0.2) is 77.8 Å². The van der Waals surface area contributed by atoms with Crippen LogP contribution in [0.5, 0.6) is 0 Å². The fourth-order valence-corrected chi connectivity index (χ4v) is 8.54. The van der Waals surface area contributed by atoms with Crippen LogP contribution in [-0.2, 0) is 10.0 Å². The zero-order valence-electron chi connectivity index (χ0n) is 27.3. The predicted molar refractivity (Wildman–Crippen MR) is 192 cm³/mol. The van der Waals surface area contributed by atoms with Gasteiger partial charge in [0.1, 0.15) is 24.1 Å². The number of halogens is 4. The Bertz CT molecular complexity index is 2120. The highest BCUT2D eigenvalue weighted by Gasteiger charge is 2.26. The molecule has 0 unspecified atom stereocenters. The molecule has 16 heteroatoms. The van der Waals surface area contributed by atoms with Crippen LogP contribution in [0.4, 0.5) is 45.7 Å². The number of benzene rings is 3. The van der Waals surface area contributed by atoms with E-state index in [1.807, 2.05) is 9.80 Å². The van der Waals surface area contributed by atoms with E-state index in [0.717, 1.165) is 49.3 Å². The van der Waals surface area contributed by atoms with Gasteiger partial charge in [0, 0.05) is 68.9 Å². The fourth-order valence-electron chi connectivity index (χ4n) is 6.24. The first-order valence-corrected chi connectivity index (χ1v) is 18.7. The molecule has 2 saturated heterocycles. The lowest BCUT2D eigenvalue weighted by Gasteiger charge is -2.35. The van der Waals surface area contributed by atoms with Crippen LogP contribution in [0.2, 0.25) is 0 Å². The van der Waals surface area contributed by atoms with E-state index in [1.54, 1.807) is 42.6 Å². The second-order valence-electron chi connectivity index (χ2n) is 12.2. The Morgan fingerprint density at radius 3 is 2.25 bits per heavy atom. The molecule has 2 N–H and O–H groups in total. The van der Waals surface area contributed by atoms with Crippen LogP contribution >= 0.6 is 11.3 Å². The van der Waals surface area contributed by atoms with Crippen molar-refractivity contribution in [2.45, 2.75) is 17.7 Å². The van der Waals surface area contributed by atoms with Gasteiger partial charge in [0.15, 0.2) is 10.0 Å². The van der Waals surface area contributed by atoms with E-state index in [4.69, 9.17) is 9.97 Å². The molecule has 0 saturated carbocycles. The van der Waals surface area contributed by atoms with E-state index in [9.17, 15) is 21.6 Å². The Morgan fingerprint density at radius 1 is 0.784 bits per heavy atom. The molecular weight excluding hydrogens is 705 g/mol. The molecule has 5 aromatic rings. The summed E-state index contributed by atoms with van der Waals surface area (Å²) in [6, 6.07) is 15.9. The summed E-state index contributed by atoms with van der Waals surface area (Å²) in [6.07, 6.45) is 3.64. The summed E-state index contributed by atoms with van der Waals surface area (Å²) in [5.74, 6) is -2.57. The number of nitrogens with one attached hydrogen (secondary N) is 2. The van der Waals surface area contributed by atoms with Crippen LogP contribution in [0.1, 0.15) is 12.8 Å². The van der Waals surface area contributed by atoms with Gasteiger partial charge in [-0.2, -0.15) is 0 Å². The number of sulfonamides is 1. The maximum absolute atomic E-state index is 15.3. The Balaban J connectivity index is 1.16. The van der Waals surface area contributed by atoms with Crippen molar-refractivity contribution >= 4 is 49.5 Å². The number of thiazole rings is 1. The molecule has 0 aliphatic carbocycles. The number of aromatic nitrogens is 3. The zero-order valence-corrected chi connectivity index (χ0v) is 29.0. The maximum atomic E-state index is 15.3. The molecule has 51 heavy (non-hydrogen) atoms. The molecule has 7 rings (SSSR count). The van der Waals surface area contributed by atoms with E-state index in [0.29, 0.717) is 65.9 Å². The molecule has 2 aliphatic heterocycles. The van der Waals surface area contributed by atoms with Crippen molar-refractivity contribution in [3.05, 3.63) is 90.4 Å². The van der Waals surface area contributed by atoms with Crippen molar-refractivity contribution in [3.63, 3.8) is 0 Å². The quantitative estimate of drug-likeness (QED) is 0.140. The minimum Gasteiger partial charge on any atom is -0.367 e. The molecule has 2 aliphatic rings. The predicted octanol–water partition coefficient (Wildman–Crippen LogP) is 6.92. The van der Waals surface area contributed by atoms with E-state index in [1.165, 1.54) is 23.5 Å². The number of alkyl halides is 1. The smallest absolute Gasteiger partial charge is 0.267 e. The van der Waals surface area contributed by atoms with Gasteiger partial charge in [0.25, 0.3) is 10.0 Å². The van der Waals surface area contributed by atoms with Crippen molar-refractivity contribution in [2.24, 2.45) is 0 Å². The summed E-state index contributed by atoms with van der Waals surface area (Å²) >= 11 is 1.43. The third-order valence-electron chi connectivity index (χ3n) is 8.77.